The van der Waals surface area contributed by atoms with Crippen LogP contribution >= 0.6 is 0 Å². The Kier molecular flexibility index (Phi) is 5.11. The molecule has 0 aliphatic carbocycles. The van der Waals surface area contributed by atoms with Gasteiger partial charge in [0.05, 0.1) is 19.3 Å². The van der Waals surface area contributed by atoms with Crippen LogP contribution in [0, 0.1) is 5.92 Å². The van der Waals surface area contributed by atoms with Crippen LogP contribution in [-0.2, 0) is 11.2 Å². The highest BCUT2D eigenvalue weighted by Gasteiger charge is 2.31. The van der Waals surface area contributed by atoms with E-state index in [4.69, 9.17) is 4.74 Å². The van der Waals surface area contributed by atoms with Gasteiger partial charge in [-0.1, -0.05) is 0 Å². The largest absolute Gasteiger partial charge is 0.435 e. The number of ether oxygens (including phenoxy) is 2. The molecular weight excluding hydrogens is 352 g/mol. The van der Waals surface area contributed by atoms with E-state index in [1.807, 2.05) is 18.3 Å². The molecule has 2 atom stereocenters. The van der Waals surface area contributed by atoms with Gasteiger partial charge in [-0.3, -0.25) is 4.98 Å². The normalized spacial score (nSPS) is 19.5. The molecule has 5 nitrogen and oxygen atoms in total. The molecule has 2 aromatic heterocycles. The molecule has 0 amide bonds. The van der Waals surface area contributed by atoms with E-state index in [-0.39, 0.29) is 11.8 Å². The first-order valence-electron chi connectivity index (χ1n) is 8.75. The topological polar surface area (TPSA) is 49.2 Å². The molecule has 0 radical (unpaired) electrons. The predicted octanol–water partition coefficient (Wildman–Crippen LogP) is 3.98. The summed E-state index contributed by atoms with van der Waals surface area (Å²) < 4.78 is 36.9. The van der Waals surface area contributed by atoms with Crippen molar-refractivity contribution >= 4 is 0 Å². The van der Waals surface area contributed by atoms with Crippen molar-refractivity contribution in [3.63, 3.8) is 0 Å². The maximum Gasteiger partial charge on any atom is 0.387 e. The molecule has 0 saturated carbocycles. The summed E-state index contributed by atoms with van der Waals surface area (Å²) in [5.41, 5.74) is 2.07. The third kappa shape index (κ3) is 3.98. The fraction of sp³-hybridized carbons (Fsp3) is 0.300. The van der Waals surface area contributed by atoms with E-state index in [9.17, 15) is 8.78 Å². The molecule has 0 spiro atoms. The second-order valence-electron chi connectivity index (χ2n) is 6.49. The van der Waals surface area contributed by atoms with Crippen molar-refractivity contribution in [2.45, 2.75) is 19.1 Å². The van der Waals surface area contributed by atoms with E-state index < -0.39 is 6.61 Å². The highest BCUT2D eigenvalue weighted by Crippen LogP contribution is 2.33. The van der Waals surface area contributed by atoms with Gasteiger partial charge in [0.1, 0.15) is 11.6 Å². The average molecular weight is 371 g/mol. The van der Waals surface area contributed by atoms with Crippen molar-refractivity contribution in [3.8, 4) is 17.1 Å². The molecular formula is C20H19F2N3O2. The predicted molar refractivity (Wildman–Crippen MR) is 95.6 cm³/mol. The summed E-state index contributed by atoms with van der Waals surface area (Å²) in [4.78, 5) is 8.54. The Balaban J connectivity index is 1.55. The first-order valence-corrected chi connectivity index (χ1v) is 8.75. The zero-order chi connectivity index (χ0) is 18.6. The van der Waals surface area contributed by atoms with Crippen LogP contribution in [0.15, 0.2) is 61.2 Å². The van der Waals surface area contributed by atoms with Crippen molar-refractivity contribution in [1.29, 1.82) is 0 Å². The Morgan fingerprint density at radius 1 is 1.07 bits per heavy atom. The van der Waals surface area contributed by atoms with Gasteiger partial charge in [0.25, 0.3) is 0 Å². The van der Waals surface area contributed by atoms with Crippen LogP contribution in [0.1, 0.15) is 11.6 Å². The molecule has 3 heterocycles. The number of imidazole rings is 1. The molecule has 1 saturated heterocycles. The molecule has 27 heavy (non-hydrogen) atoms. The molecule has 0 bridgehead atoms. The first kappa shape index (κ1) is 17.6. The summed E-state index contributed by atoms with van der Waals surface area (Å²) in [6.45, 7) is -1.53. The zero-order valence-electron chi connectivity index (χ0n) is 14.5. The SMILES string of the molecule is FC(F)Oc1ccc(-c2nccn2[C@@H]2COC[C@@H]2Cc2ccncc2)cc1. The Labute approximate surface area is 155 Å². The van der Waals surface area contributed by atoms with Crippen LogP contribution < -0.4 is 4.74 Å². The summed E-state index contributed by atoms with van der Waals surface area (Å²) >= 11 is 0. The third-order valence-corrected chi connectivity index (χ3v) is 4.78. The first-order chi connectivity index (χ1) is 13.2. The summed E-state index contributed by atoms with van der Waals surface area (Å²) in [7, 11) is 0. The number of halogens is 2. The summed E-state index contributed by atoms with van der Waals surface area (Å²) in [5, 5.41) is 0. The number of hydrogen-bond donors (Lipinski definition) is 0. The summed E-state index contributed by atoms with van der Waals surface area (Å²) in [6.07, 6.45) is 8.18. The van der Waals surface area contributed by atoms with Gasteiger partial charge in [0.2, 0.25) is 0 Å². The van der Waals surface area contributed by atoms with Crippen LogP contribution in [-0.4, -0.2) is 34.4 Å². The lowest BCUT2D eigenvalue weighted by Gasteiger charge is -2.21. The number of hydrogen-bond acceptors (Lipinski definition) is 4. The molecule has 1 fully saturated rings. The van der Waals surface area contributed by atoms with Gasteiger partial charge in [0.15, 0.2) is 0 Å². The van der Waals surface area contributed by atoms with E-state index in [1.54, 1.807) is 30.7 Å². The molecule has 1 aliphatic heterocycles. The van der Waals surface area contributed by atoms with Crippen molar-refractivity contribution in [1.82, 2.24) is 14.5 Å². The molecule has 0 N–H and O–H groups in total. The van der Waals surface area contributed by atoms with Gasteiger partial charge in [0, 0.05) is 36.3 Å². The number of benzene rings is 1. The lowest BCUT2D eigenvalue weighted by molar-refractivity contribution is -0.0498. The Morgan fingerprint density at radius 2 is 1.85 bits per heavy atom. The Bertz CT molecular complexity index is 868. The Morgan fingerprint density at radius 3 is 2.59 bits per heavy atom. The number of pyridine rings is 1. The second-order valence-corrected chi connectivity index (χ2v) is 6.49. The van der Waals surface area contributed by atoms with Gasteiger partial charge in [-0.15, -0.1) is 0 Å². The molecule has 1 aromatic carbocycles. The molecule has 3 aromatic rings. The number of alkyl halides is 2. The molecule has 140 valence electrons. The fourth-order valence-electron chi connectivity index (χ4n) is 3.50. The van der Waals surface area contributed by atoms with Crippen LogP contribution in [0.3, 0.4) is 0 Å². The van der Waals surface area contributed by atoms with Gasteiger partial charge in [-0.2, -0.15) is 8.78 Å². The van der Waals surface area contributed by atoms with Crippen molar-refractivity contribution in [2.24, 2.45) is 5.92 Å². The van der Waals surface area contributed by atoms with Crippen molar-refractivity contribution in [2.75, 3.05) is 13.2 Å². The minimum atomic E-state index is -2.83. The van der Waals surface area contributed by atoms with Crippen LogP contribution in [0.2, 0.25) is 0 Å². The fourth-order valence-corrected chi connectivity index (χ4v) is 3.50. The highest BCUT2D eigenvalue weighted by molar-refractivity contribution is 5.57. The number of aromatic nitrogens is 3. The summed E-state index contributed by atoms with van der Waals surface area (Å²) in [5.74, 6) is 1.24. The molecule has 1 aliphatic rings. The van der Waals surface area contributed by atoms with Crippen molar-refractivity contribution in [3.05, 3.63) is 66.7 Å². The van der Waals surface area contributed by atoms with Gasteiger partial charge >= 0.3 is 6.61 Å². The maximum absolute atomic E-state index is 12.3. The Hall–Kier alpha value is -2.80. The monoisotopic (exact) mass is 371 g/mol. The molecule has 0 unspecified atom stereocenters. The van der Waals surface area contributed by atoms with Crippen LogP contribution in [0.5, 0.6) is 5.75 Å². The van der Waals surface area contributed by atoms with E-state index in [1.165, 1.54) is 17.7 Å². The summed E-state index contributed by atoms with van der Waals surface area (Å²) in [6, 6.07) is 10.7. The minimum Gasteiger partial charge on any atom is -0.435 e. The van der Waals surface area contributed by atoms with Crippen LogP contribution in [0.25, 0.3) is 11.4 Å². The van der Waals surface area contributed by atoms with Gasteiger partial charge in [-0.05, 0) is 48.4 Å². The lowest BCUT2D eigenvalue weighted by atomic mass is 9.95. The molecule has 4 rings (SSSR count). The van der Waals surface area contributed by atoms with Crippen molar-refractivity contribution < 1.29 is 18.3 Å². The number of rotatable bonds is 6. The molecule has 7 heteroatoms. The van der Waals surface area contributed by atoms with Crippen LogP contribution in [0.4, 0.5) is 8.78 Å². The van der Waals surface area contributed by atoms with E-state index in [0.717, 1.165) is 17.8 Å². The minimum absolute atomic E-state index is 0.131. The van der Waals surface area contributed by atoms with Gasteiger partial charge < -0.3 is 14.0 Å². The number of nitrogens with zero attached hydrogens (tertiary/aromatic N) is 3. The second kappa shape index (κ2) is 7.84. The lowest BCUT2D eigenvalue weighted by Crippen LogP contribution is -2.20. The van der Waals surface area contributed by atoms with E-state index in [2.05, 4.69) is 19.3 Å². The quantitative estimate of drug-likeness (QED) is 0.658. The van der Waals surface area contributed by atoms with E-state index in [0.29, 0.717) is 19.1 Å². The maximum atomic E-state index is 12.3. The third-order valence-electron chi connectivity index (χ3n) is 4.78. The average Bonchev–Trinajstić information content (AvgIpc) is 3.32. The van der Waals surface area contributed by atoms with E-state index >= 15 is 0 Å². The zero-order valence-corrected chi connectivity index (χ0v) is 14.5. The standard InChI is InChI=1S/C20H19F2N3O2/c21-20(22)27-17-3-1-15(2-4-17)19-24-9-10-25(19)18-13-26-12-16(18)11-14-5-7-23-8-6-14/h1-10,16,18,20H,11-13H2/t16-,18+/m0/s1. The van der Waals surface area contributed by atoms with Gasteiger partial charge in [-0.25, -0.2) is 4.98 Å². The highest BCUT2D eigenvalue weighted by atomic mass is 19.3. The smallest absolute Gasteiger partial charge is 0.387 e.